The lowest BCUT2D eigenvalue weighted by Gasteiger charge is -2.34. The fourth-order valence-electron chi connectivity index (χ4n) is 3.40. The van der Waals surface area contributed by atoms with Gasteiger partial charge in [-0.25, -0.2) is 13.6 Å². The number of likely N-dealkylation sites (tertiary alicyclic amines) is 1. The van der Waals surface area contributed by atoms with Gasteiger partial charge in [0.15, 0.2) is 0 Å². The quantitative estimate of drug-likeness (QED) is 0.882. The Kier molecular flexibility index (Phi) is 4.57. The molecule has 0 aliphatic carbocycles. The maximum Gasteiger partial charge on any atom is 0.321 e. The molecule has 2 N–H and O–H groups in total. The van der Waals surface area contributed by atoms with Gasteiger partial charge < -0.3 is 15.5 Å². The second-order valence-corrected chi connectivity index (χ2v) is 6.08. The van der Waals surface area contributed by atoms with Crippen molar-refractivity contribution in [3.8, 4) is 0 Å². The van der Waals surface area contributed by atoms with Crippen molar-refractivity contribution in [3.05, 3.63) is 29.8 Å². The minimum atomic E-state index is -0.751. The highest BCUT2D eigenvalue weighted by atomic mass is 19.1. The number of hydrogen-bond acceptors (Lipinski definition) is 2. The van der Waals surface area contributed by atoms with E-state index in [2.05, 4.69) is 10.6 Å². The van der Waals surface area contributed by atoms with Gasteiger partial charge in [0.05, 0.1) is 5.69 Å². The zero-order valence-electron chi connectivity index (χ0n) is 12.4. The van der Waals surface area contributed by atoms with E-state index >= 15 is 0 Å². The van der Waals surface area contributed by atoms with Crippen LogP contribution in [0.15, 0.2) is 18.2 Å². The summed E-state index contributed by atoms with van der Waals surface area (Å²) in [4.78, 5) is 13.9. The molecule has 1 aromatic rings. The van der Waals surface area contributed by atoms with Crippen molar-refractivity contribution >= 4 is 11.7 Å². The Morgan fingerprint density at radius 2 is 2.00 bits per heavy atom. The third kappa shape index (κ3) is 3.38. The van der Waals surface area contributed by atoms with Crippen LogP contribution in [0.25, 0.3) is 0 Å². The molecule has 2 fully saturated rings. The predicted molar refractivity (Wildman–Crippen MR) is 80.7 cm³/mol. The van der Waals surface area contributed by atoms with E-state index in [0.717, 1.165) is 31.5 Å². The number of nitrogens with one attached hydrogen (secondary N) is 2. The molecule has 4 nitrogen and oxygen atoms in total. The van der Waals surface area contributed by atoms with Gasteiger partial charge in [-0.3, -0.25) is 0 Å². The summed E-state index contributed by atoms with van der Waals surface area (Å²) in [6, 6.07) is 3.42. The zero-order chi connectivity index (χ0) is 15.5. The number of rotatable bonds is 2. The number of urea groups is 1. The van der Waals surface area contributed by atoms with Crippen molar-refractivity contribution in [3.63, 3.8) is 0 Å². The SMILES string of the molecule is O=C(Nc1ccc(F)cc1F)N1CCC(C2CCCN2)CC1. The van der Waals surface area contributed by atoms with Crippen LogP contribution in [0.5, 0.6) is 0 Å². The lowest BCUT2D eigenvalue weighted by atomic mass is 9.89. The highest BCUT2D eigenvalue weighted by molar-refractivity contribution is 5.89. The summed E-state index contributed by atoms with van der Waals surface area (Å²) in [5.41, 5.74) is 0.0194. The van der Waals surface area contributed by atoms with Gasteiger partial charge >= 0.3 is 6.03 Å². The minimum absolute atomic E-state index is 0.0194. The number of carbonyl (C=O) groups is 1. The third-order valence-electron chi connectivity index (χ3n) is 4.67. The van der Waals surface area contributed by atoms with Crippen LogP contribution in [0.1, 0.15) is 25.7 Å². The van der Waals surface area contributed by atoms with Crippen LogP contribution in [0, 0.1) is 17.6 Å². The van der Waals surface area contributed by atoms with Crippen LogP contribution in [0.3, 0.4) is 0 Å². The maximum atomic E-state index is 13.6. The van der Waals surface area contributed by atoms with E-state index in [4.69, 9.17) is 0 Å². The Morgan fingerprint density at radius 1 is 1.23 bits per heavy atom. The summed E-state index contributed by atoms with van der Waals surface area (Å²) in [7, 11) is 0. The molecule has 1 unspecified atom stereocenters. The van der Waals surface area contributed by atoms with Crippen LogP contribution >= 0.6 is 0 Å². The van der Waals surface area contributed by atoms with E-state index in [1.807, 2.05) is 0 Å². The van der Waals surface area contributed by atoms with Gasteiger partial charge in [-0.05, 0) is 50.3 Å². The first-order chi connectivity index (χ1) is 10.6. The van der Waals surface area contributed by atoms with E-state index in [-0.39, 0.29) is 11.7 Å². The maximum absolute atomic E-state index is 13.6. The molecule has 6 heteroatoms. The molecule has 2 amide bonds. The van der Waals surface area contributed by atoms with Crippen molar-refractivity contribution in [2.24, 2.45) is 5.92 Å². The molecular weight excluding hydrogens is 288 g/mol. The number of halogens is 2. The summed E-state index contributed by atoms with van der Waals surface area (Å²) >= 11 is 0. The Labute approximate surface area is 128 Å². The van der Waals surface area contributed by atoms with Crippen LogP contribution in [0.2, 0.25) is 0 Å². The second-order valence-electron chi connectivity index (χ2n) is 6.08. The number of hydrogen-bond donors (Lipinski definition) is 2. The van der Waals surface area contributed by atoms with E-state index in [1.54, 1.807) is 4.90 Å². The lowest BCUT2D eigenvalue weighted by molar-refractivity contribution is 0.170. The van der Waals surface area contributed by atoms with Gasteiger partial charge in [-0.15, -0.1) is 0 Å². The largest absolute Gasteiger partial charge is 0.325 e. The van der Waals surface area contributed by atoms with Crippen molar-refractivity contribution in [2.45, 2.75) is 31.7 Å². The number of piperidine rings is 1. The second kappa shape index (κ2) is 6.60. The molecule has 120 valence electrons. The molecule has 1 aromatic carbocycles. The predicted octanol–water partition coefficient (Wildman–Crippen LogP) is 2.96. The van der Waals surface area contributed by atoms with Gasteiger partial charge in [0.1, 0.15) is 11.6 Å². The third-order valence-corrected chi connectivity index (χ3v) is 4.67. The average Bonchev–Trinajstić information content (AvgIpc) is 3.04. The molecule has 1 atom stereocenters. The first-order valence-electron chi connectivity index (χ1n) is 7.88. The van der Waals surface area contributed by atoms with Crippen LogP contribution in [-0.2, 0) is 0 Å². The molecule has 0 saturated carbocycles. The fraction of sp³-hybridized carbons (Fsp3) is 0.562. The Bertz CT molecular complexity index is 538. The van der Waals surface area contributed by atoms with Gasteiger partial charge in [0, 0.05) is 25.2 Å². The summed E-state index contributed by atoms with van der Waals surface area (Å²) < 4.78 is 26.4. The van der Waals surface area contributed by atoms with Gasteiger partial charge in [-0.2, -0.15) is 0 Å². The summed E-state index contributed by atoms with van der Waals surface area (Å²) in [6.45, 7) is 2.45. The molecule has 3 rings (SSSR count). The molecule has 0 radical (unpaired) electrons. The number of nitrogens with zero attached hydrogens (tertiary/aromatic N) is 1. The first kappa shape index (κ1) is 15.2. The zero-order valence-corrected chi connectivity index (χ0v) is 12.4. The Balaban J connectivity index is 1.53. The Hall–Kier alpha value is -1.69. The molecule has 0 bridgehead atoms. The lowest BCUT2D eigenvalue weighted by Crippen LogP contribution is -2.45. The molecule has 2 aliphatic rings. The van der Waals surface area contributed by atoms with Crippen LogP contribution < -0.4 is 10.6 Å². The molecule has 2 heterocycles. The van der Waals surface area contributed by atoms with E-state index in [1.165, 1.54) is 18.9 Å². The van der Waals surface area contributed by atoms with Crippen LogP contribution in [-0.4, -0.2) is 36.6 Å². The summed E-state index contributed by atoms with van der Waals surface area (Å²) in [5, 5.41) is 6.04. The monoisotopic (exact) mass is 309 g/mol. The standard InChI is InChI=1S/C16H21F2N3O/c17-12-3-4-15(13(18)10-12)20-16(22)21-8-5-11(6-9-21)14-2-1-7-19-14/h3-4,10-11,14,19H,1-2,5-9H2,(H,20,22). The highest BCUT2D eigenvalue weighted by Gasteiger charge is 2.30. The number of benzene rings is 1. The number of carbonyl (C=O) groups excluding carboxylic acids is 1. The van der Waals surface area contributed by atoms with Crippen molar-refractivity contribution < 1.29 is 13.6 Å². The molecule has 0 aromatic heterocycles. The topological polar surface area (TPSA) is 44.4 Å². The van der Waals surface area contributed by atoms with Crippen LogP contribution in [0.4, 0.5) is 19.3 Å². The Morgan fingerprint density at radius 3 is 2.64 bits per heavy atom. The van der Waals surface area contributed by atoms with Gasteiger partial charge in [0.25, 0.3) is 0 Å². The molecule has 2 saturated heterocycles. The van der Waals surface area contributed by atoms with Gasteiger partial charge in [0.2, 0.25) is 0 Å². The van der Waals surface area contributed by atoms with E-state index < -0.39 is 11.6 Å². The summed E-state index contributed by atoms with van der Waals surface area (Å²) in [6.07, 6.45) is 4.39. The normalized spacial score (nSPS) is 22.8. The highest BCUT2D eigenvalue weighted by Crippen LogP contribution is 2.26. The average molecular weight is 309 g/mol. The molecule has 0 spiro atoms. The molecule has 22 heavy (non-hydrogen) atoms. The van der Waals surface area contributed by atoms with Gasteiger partial charge in [-0.1, -0.05) is 0 Å². The van der Waals surface area contributed by atoms with E-state index in [0.29, 0.717) is 25.0 Å². The smallest absolute Gasteiger partial charge is 0.321 e. The molecular formula is C16H21F2N3O. The number of amides is 2. The molecule has 2 aliphatic heterocycles. The van der Waals surface area contributed by atoms with Crippen molar-refractivity contribution in [1.29, 1.82) is 0 Å². The number of anilines is 1. The summed E-state index contributed by atoms with van der Waals surface area (Å²) in [5.74, 6) is -0.784. The first-order valence-corrected chi connectivity index (χ1v) is 7.88. The van der Waals surface area contributed by atoms with Crippen molar-refractivity contribution in [2.75, 3.05) is 25.0 Å². The van der Waals surface area contributed by atoms with Crippen molar-refractivity contribution in [1.82, 2.24) is 10.2 Å². The minimum Gasteiger partial charge on any atom is -0.325 e. The van der Waals surface area contributed by atoms with E-state index in [9.17, 15) is 13.6 Å². The fourth-order valence-corrected chi connectivity index (χ4v) is 3.40.